The van der Waals surface area contributed by atoms with Gasteiger partial charge in [-0.15, -0.1) is 0 Å². The normalized spacial score (nSPS) is 10.3. The molecule has 0 saturated carbocycles. The SMILES string of the molecule is CN(Cc1ccccc1F)c1ncnc(Cl)c1C=O. The van der Waals surface area contributed by atoms with Gasteiger partial charge in [-0.25, -0.2) is 14.4 Å². The average molecular weight is 280 g/mol. The van der Waals surface area contributed by atoms with Crippen LogP contribution < -0.4 is 4.90 Å². The molecule has 0 amide bonds. The van der Waals surface area contributed by atoms with Crippen LogP contribution in [0.1, 0.15) is 15.9 Å². The summed E-state index contributed by atoms with van der Waals surface area (Å²) in [6.07, 6.45) is 1.86. The molecule has 0 unspecified atom stereocenters. The molecule has 0 atom stereocenters. The Morgan fingerprint density at radius 3 is 2.79 bits per heavy atom. The van der Waals surface area contributed by atoms with Gasteiger partial charge >= 0.3 is 0 Å². The monoisotopic (exact) mass is 279 g/mol. The fraction of sp³-hybridized carbons (Fsp3) is 0.154. The van der Waals surface area contributed by atoms with E-state index in [-0.39, 0.29) is 23.1 Å². The van der Waals surface area contributed by atoms with E-state index in [1.807, 2.05) is 0 Å². The van der Waals surface area contributed by atoms with E-state index >= 15 is 0 Å². The van der Waals surface area contributed by atoms with Gasteiger partial charge in [0, 0.05) is 19.2 Å². The van der Waals surface area contributed by atoms with E-state index in [1.54, 1.807) is 30.1 Å². The summed E-state index contributed by atoms with van der Waals surface area (Å²) in [6.45, 7) is 0.279. The van der Waals surface area contributed by atoms with E-state index in [0.717, 1.165) is 0 Å². The van der Waals surface area contributed by atoms with Crippen LogP contribution in [0.5, 0.6) is 0 Å². The molecule has 0 aliphatic carbocycles. The van der Waals surface area contributed by atoms with Crippen LogP contribution in [0.3, 0.4) is 0 Å². The Hall–Kier alpha value is -2.01. The zero-order valence-corrected chi connectivity index (χ0v) is 10.9. The minimum absolute atomic E-state index is 0.0837. The van der Waals surface area contributed by atoms with Crippen molar-refractivity contribution in [2.24, 2.45) is 0 Å². The van der Waals surface area contributed by atoms with Gasteiger partial charge in [-0.05, 0) is 6.07 Å². The zero-order valence-electron chi connectivity index (χ0n) is 10.2. The highest BCUT2D eigenvalue weighted by Crippen LogP contribution is 2.22. The molecular formula is C13H11ClFN3O. The molecule has 0 saturated heterocycles. The molecule has 4 nitrogen and oxygen atoms in total. The van der Waals surface area contributed by atoms with E-state index < -0.39 is 0 Å². The lowest BCUT2D eigenvalue weighted by Gasteiger charge is -2.20. The standard InChI is InChI=1S/C13H11ClFN3O/c1-18(6-9-4-2-3-5-11(9)15)13-10(7-19)12(14)16-8-17-13/h2-5,7-8H,6H2,1H3. The molecule has 1 heterocycles. The number of carbonyl (C=O) groups excluding carboxylic acids is 1. The lowest BCUT2D eigenvalue weighted by atomic mass is 10.2. The Bertz CT molecular complexity index is 606. The van der Waals surface area contributed by atoms with Crippen LogP contribution in [0, 0.1) is 5.82 Å². The molecule has 0 fully saturated rings. The highest BCUT2D eigenvalue weighted by Gasteiger charge is 2.14. The minimum Gasteiger partial charge on any atom is -0.354 e. The summed E-state index contributed by atoms with van der Waals surface area (Å²) in [5.41, 5.74) is 0.708. The maximum atomic E-state index is 13.6. The smallest absolute Gasteiger partial charge is 0.156 e. The lowest BCUT2D eigenvalue weighted by molar-refractivity contribution is 0.112. The number of aldehydes is 1. The van der Waals surface area contributed by atoms with Crippen molar-refractivity contribution in [3.8, 4) is 0 Å². The van der Waals surface area contributed by atoms with Gasteiger partial charge < -0.3 is 4.90 Å². The van der Waals surface area contributed by atoms with Crippen molar-refractivity contribution < 1.29 is 9.18 Å². The third-order valence-corrected chi connectivity index (χ3v) is 2.96. The molecule has 1 aromatic carbocycles. The van der Waals surface area contributed by atoms with E-state index in [1.165, 1.54) is 12.4 Å². The summed E-state index contributed by atoms with van der Waals surface area (Å²) in [7, 11) is 1.71. The minimum atomic E-state index is -0.304. The van der Waals surface area contributed by atoms with Crippen LogP contribution in [-0.4, -0.2) is 23.3 Å². The zero-order chi connectivity index (χ0) is 13.8. The first-order valence-electron chi connectivity index (χ1n) is 5.53. The largest absolute Gasteiger partial charge is 0.354 e. The van der Waals surface area contributed by atoms with Crippen molar-refractivity contribution >= 4 is 23.7 Å². The fourth-order valence-corrected chi connectivity index (χ4v) is 1.90. The van der Waals surface area contributed by atoms with Gasteiger partial charge in [-0.3, -0.25) is 4.79 Å². The number of carbonyl (C=O) groups is 1. The molecule has 1 aromatic heterocycles. The van der Waals surface area contributed by atoms with Gasteiger partial charge in [-0.1, -0.05) is 29.8 Å². The van der Waals surface area contributed by atoms with Crippen LogP contribution in [0.25, 0.3) is 0 Å². The average Bonchev–Trinajstić information content (AvgIpc) is 2.41. The predicted octanol–water partition coefficient (Wildman–Crippen LogP) is 2.72. The summed E-state index contributed by atoms with van der Waals surface area (Å²) in [6, 6.07) is 6.43. The Morgan fingerprint density at radius 2 is 2.11 bits per heavy atom. The second kappa shape index (κ2) is 5.75. The number of anilines is 1. The number of hydrogen-bond donors (Lipinski definition) is 0. The first kappa shape index (κ1) is 13.4. The first-order valence-corrected chi connectivity index (χ1v) is 5.91. The second-order valence-corrected chi connectivity index (χ2v) is 4.33. The van der Waals surface area contributed by atoms with Crippen molar-refractivity contribution in [2.75, 3.05) is 11.9 Å². The van der Waals surface area contributed by atoms with Crippen LogP contribution >= 0.6 is 11.6 Å². The third kappa shape index (κ3) is 2.88. The quantitative estimate of drug-likeness (QED) is 0.638. The van der Waals surface area contributed by atoms with Crippen LogP contribution in [0.15, 0.2) is 30.6 Å². The summed E-state index contributed by atoms with van der Waals surface area (Å²) in [5, 5.41) is 0.0837. The van der Waals surface area contributed by atoms with E-state index in [4.69, 9.17) is 11.6 Å². The van der Waals surface area contributed by atoms with Crippen molar-refractivity contribution in [3.63, 3.8) is 0 Å². The Labute approximate surface area is 114 Å². The van der Waals surface area contributed by atoms with Crippen LogP contribution in [0.4, 0.5) is 10.2 Å². The lowest BCUT2D eigenvalue weighted by Crippen LogP contribution is -2.20. The number of benzene rings is 1. The second-order valence-electron chi connectivity index (χ2n) is 3.97. The van der Waals surface area contributed by atoms with Gasteiger partial charge in [-0.2, -0.15) is 0 Å². The number of halogens is 2. The molecule has 0 radical (unpaired) electrons. The highest BCUT2D eigenvalue weighted by atomic mass is 35.5. The Balaban J connectivity index is 2.30. The van der Waals surface area contributed by atoms with Crippen molar-refractivity contribution in [1.29, 1.82) is 0 Å². The molecule has 98 valence electrons. The molecule has 0 N–H and O–H groups in total. The van der Waals surface area contributed by atoms with E-state index in [2.05, 4.69) is 9.97 Å². The van der Waals surface area contributed by atoms with E-state index in [9.17, 15) is 9.18 Å². The predicted molar refractivity (Wildman–Crippen MR) is 70.9 cm³/mol. The molecular weight excluding hydrogens is 269 g/mol. The molecule has 0 spiro atoms. The van der Waals surface area contributed by atoms with Gasteiger partial charge in [0.25, 0.3) is 0 Å². The van der Waals surface area contributed by atoms with Crippen molar-refractivity contribution in [1.82, 2.24) is 9.97 Å². The van der Waals surface area contributed by atoms with Gasteiger partial charge in [0.1, 0.15) is 23.1 Å². The molecule has 0 aliphatic heterocycles. The topological polar surface area (TPSA) is 46.1 Å². The van der Waals surface area contributed by atoms with Crippen LogP contribution in [0.2, 0.25) is 5.15 Å². The summed E-state index contributed by atoms with van der Waals surface area (Å²) < 4.78 is 13.6. The molecule has 2 aromatic rings. The Kier molecular flexibility index (Phi) is 4.06. The number of hydrogen-bond acceptors (Lipinski definition) is 4. The number of nitrogens with zero attached hydrogens (tertiary/aromatic N) is 3. The molecule has 6 heteroatoms. The maximum absolute atomic E-state index is 13.6. The molecule has 2 rings (SSSR count). The first-order chi connectivity index (χ1) is 9.13. The van der Waals surface area contributed by atoms with Crippen molar-refractivity contribution in [3.05, 3.63) is 52.7 Å². The van der Waals surface area contributed by atoms with Crippen LogP contribution in [-0.2, 0) is 6.54 Å². The number of aromatic nitrogens is 2. The van der Waals surface area contributed by atoms with E-state index in [0.29, 0.717) is 17.7 Å². The van der Waals surface area contributed by atoms with Gasteiger partial charge in [0.2, 0.25) is 0 Å². The number of rotatable bonds is 4. The van der Waals surface area contributed by atoms with Gasteiger partial charge in [0.05, 0.1) is 5.56 Å². The van der Waals surface area contributed by atoms with Gasteiger partial charge in [0.15, 0.2) is 6.29 Å². The molecule has 0 aliphatic rings. The summed E-state index contributed by atoms with van der Waals surface area (Å²) in [4.78, 5) is 20.4. The summed E-state index contributed by atoms with van der Waals surface area (Å²) in [5.74, 6) is 0.0698. The molecule has 0 bridgehead atoms. The van der Waals surface area contributed by atoms with Crippen molar-refractivity contribution in [2.45, 2.75) is 6.54 Å². The fourth-order valence-electron chi connectivity index (χ4n) is 1.73. The molecule has 19 heavy (non-hydrogen) atoms. The third-order valence-electron chi connectivity index (χ3n) is 2.66. The summed E-state index contributed by atoms with van der Waals surface area (Å²) >= 11 is 5.82. The highest BCUT2D eigenvalue weighted by molar-refractivity contribution is 6.32. The maximum Gasteiger partial charge on any atom is 0.156 e. The Morgan fingerprint density at radius 1 is 1.37 bits per heavy atom.